The van der Waals surface area contributed by atoms with Gasteiger partial charge in [-0.3, -0.25) is 15.1 Å². The topological polar surface area (TPSA) is 91.3 Å². The van der Waals surface area contributed by atoms with Crippen molar-refractivity contribution >= 4 is 33.6 Å². The Labute approximate surface area is 142 Å². The maximum atomic E-state index is 11.9. The van der Waals surface area contributed by atoms with Crippen LogP contribution in [0.3, 0.4) is 0 Å². The molecular formula is C16H16BrN3O3. The van der Waals surface area contributed by atoms with E-state index in [1.165, 1.54) is 0 Å². The van der Waals surface area contributed by atoms with Gasteiger partial charge < -0.3 is 10.4 Å². The Balaban J connectivity index is 1.81. The number of halogens is 1. The number of carboxylic acid groups (broad SMARTS) is 1. The van der Waals surface area contributed by atoms with Crippen molar-refractivity contribution in [3.8, 4) is 0 Å². The molecule has 3 N–H and O–H groups in total. The first-order valence-electron chi connectivity index (χ1n) is 6.99. The lowest BCUT2D eigenvalue weighted by Crippen LogP contribution is -2.23. The summed E-state index contributed by atoms with van der Waals surface area (Å²) in [4.78, 5) is 26.6. The molecule has 2 amide bonds. The van der Waals surface area contributed by atoms with Gasteiger partial charge in [-0.15, -0.1) is 0 Å². The zero-order chi connectivity index (χ0) is 16.7. The molecule has 0 aliphatic rings. The average molecular weight is 378 g/mol. The van der Waals surface area contributed by atoms with Crippen molar-refractivity contribution in [3.63, 3.8) is 0 Å². The lowest BCUT2D eigenvalue weighted by molar-refractivity contribution is -0.121. The van der Waals surface area contributed by atoms with Crippen LogP contribution in [0.15, 0.2) is 47.1 Å². The number of aromatic nitrogens is 1. The van der Waals surface area contributed by atoms with Gasteiger partial charge in [0, 0.05) is 22.8 Å². The SMILES string of the molecule is O=C(O)Nc1cccc(CCC(=O)NCc2cc(Br)ccn2)c1. The Morgan fingerprint density at radius 3 is 2.78 bits per heavy atom. The summed E-state index contributed by atoms with van der Waals surface area (Å²) < 4.78 is 0.916. The second-order valence-electron chi connectivity index (χ2n) is 4.87. The molecule has 0 saturated heterocycles. The Hall–Kier alpha value is -2.41. The van der Waals surface area contributed by atoms with Crippen molar-refractivity contribution in [2.45, 2.75) is 19.4 Å². The first kappa shape index (κ1) is 17.0. The fourth-order valence-electron chi connectivity index (χ4n) is 2.01. The van der Waals surface area contributed by atoms with Gasteiger partial charge >= 0.3 is 6.09 Å². The van der Waals surface area contributed by atoms with Crippen molar-refractivity contribution in [2.75, 3.05) is 5.32 Å². The summed E-state index contributed by atoms with van der Waals surface area (Å²) in [5.74, 6) is -0.0802. The number of anilines is 1. The number of pyridine rings is 1. The minimum absolute atomic E-state index is 0.0802. The molecule has 0 saturated carbocycles. The maximum absolute atomic E-state index is 11.9. The summed E-state index contributed by atoms with van der Waals surface area (Å²) in [6.07, 6.45) is 1.42. The van der Waals surface area contributed by atoms with Gasteiger partial charge in [-0.05, 0) is 36.2 Å². The number of carbonyl (C=O) groups is 2. The maximum Gasteiger partial charge on any atom is 0.409 e. The van der Waals surface area contributed by atoms with Crippen LogP contribution in [0.5, 0.6) is 0 Å². The van der Waals surface area contributed by atoms with E-state index in [1.807, 2.05) is 18.2 Å². The molecule has 0 atom stereocenters. The highest BCUT2D eigenvalue weighted by Crippen LogP contribution is 2.12. The molecule has 0 aliphatic heterocycles. The lowest BCUT2D eigenvalue weighted by Gasteiger charge is -2.07. The van der Waals surface area contributed by atoms with Crippen LogP contribution < -0.4 is 10.6 Å². The summed E-state index contributed by atoms with van der Waals surface area (Å²) in [7, 11) is 0. The van der Waals surface area contributed by atoms with E-state index in [-0.39, 0.29) is 5.91 Å². The monoisotopic (exact) mass is 377 g/mol. The fourth-order valence-corrected chi connectivity index (χ4v) is 2.39. The van der Waals surface area contributed by atoms with Crippen LogP contribution in [0, 0.1) is 0 Å². The van der Waals surface area contributed by atoms with Gasteiger partial charge in [-0.1, -0.05) is 28.1 Å². The molecular weight excluding hydrogens is 362 g/mol. The molecule has 0 fully saturated rings. The van der Waals surface area contributed by atoms with E-state index in [0.717, 1.165) is 15.7 Å². The Bertz CT molecular complexity index is 706. The number of hydrogen-bond acceptors (Lipinski definition) is 3. The number of nitrogens with one attached hydrogen (secondary N) is 2. The second kappa shape index (κ2) is 8.28. The Kier molecular flexibility index (Phi) is 6.10. The van der Waals surface area contributed by atoms with Crippen molar-refractivity contribution in [1.82, 2.24) is 10.3 Å². The second-order valence-corrected chi connectivity index (χ2v) is 5.79. The summed E-state index contributed by atoms with van der Waals surface area (Å²) in [6.45, 7) is 0.374. The van der Waals surface area contributed by atoms with Gasteiger partial charge in [0.1, 0.15) is 0 Å². The Morgan fingerprint density at radius 2 is 2.04 bits per heavy atom. The normalized spacial score (nSPS) is 10.1. The molecule has 1 heterocycles. The van der Waals surface area contributed by atoms with E-state index in [2.05, 4.69) is 31.5 Å². The number of carbonyl (C=O) groups excluding carboxylic acids is 1. The summed E-state index contributed by atoms with van der Waals surface area (Å²) >= 11 is 3.35. The van der Waals surface area contributed by atoms with Crippen LogP contribution >= 0.6 is 15.9 Å². The molecule has 120 valence electrons. The molecule has 0 spiro atoms. The number of amides is 2. The van der Waals surface area contributed by atoms with Crippen LogP contribution in [0.1, 0.15) is 17.7 Å². The van der Waals surface area contributed by atoms with Gasteiger partial charge in [0.25, 0.3) is 0 Å². The molecule has 2 aromatic rings. The first-order valence-corrected chi connectivity index (χ1v) is 7.78. The highest BCUT2D eigenvalue weighted by Gasteiger charge is 2.05. The zero-order valence-electron chi connectivity index (χ0n) is 12.3. The molecule has 0 unspecified atom stereocenters. The van der Waals surface area contributed by atoms with Crippen LogP contribution in [0.25, 0.3) is 0 Å². The molecule has 0 radical (unpaired) electrons. The summed E-state index contributed by atoms with van der Waals surface area (Å²) in [5, 5.41) is 13.8. The number of rotatable bonds is 6. The largest absolute Gasteiger partial charge is 0.465 e. The van der Waals surface area contributed by atoms with Crippen molar-refractivity contribution in [3.05, 3.63) is 58.3 Å². The van der Waals surface area contributed by atoms with Crippen LogP contribution in [0.4, 0.5) is 10.5 Å². The number of aryl methyl sites for hydroxylation is 1. The molecule has 0 aliphatic carbocycles. The van der Waals surface area contributed by atoms with Crippen molar-refractivity contribution in [1.29, 1.82) is 0 Å². The number of benzene rings is 1. The van der Waals surface area contributed by atoms with E-state index >= 15 is 0 Å². The van der Waals surface area contributed by atoms with E-state index in [4.69, 9.17) is 5.11 Å². The fraction of sp³-hybridized carbons (Fsp3) is 0.188. The molecule has 6 nitrogen and oxygen atoms in total. The van der Waals surface area contributed by atoms with E-state index < -0.39 is 6.09 Å². The van der Waals surface area contributed by atoms with Gasteiger partial charge in [0.15, 0.2) is 0 Å². The predicted molar refractivity (Wildman–Crippen MR) is 90.2 cm³/mol. The van der Waals surface area contributed by atoms with Gasteiger partial charge in [0.2, 0.25) is 5.91 Å². The third kappa shape index (κ3) is 6.07. The van der Waals surface area contributed by atoms with Crippen molar-refractivity contribution < 1.29 is 14.7 Å². The molecule has 0 bridgehead atoms. The van der Waals surface area contributed by atoms with Crippen LogP contribution in [-0.2, 0) is 17.8 Å². The first-order chi connectivity index (χ1) is 11.0. The van der Waals surface area contributed by atoms with E-state index in [1.54, 1.807) is 24.4 Å². The minimum Gasteiger partial charge on any atom is -0.465 e. The molecule has 1 aromatic carbocycles. The number of hydrogen-bond donors (Lipinski definition) is 3. The quantitative estimate of drug-likeness (QED) is 0.720. The zero-order valence-corrected chi connectivity index (χ0v) is 13.8. The van der Waals surface area contributed by atoms with Crippen LogP contribution in [0.2, 0.25) is 0 Å². The molecule has 7 heteroatoms. The standard InChI is InChI=1S/C16H16BrN3O3/c17-12-6-7-18-14(9-12)10-19-15(21)5-4-11-2-1-3-13(8-11)20-16(22)23/h1-3,6-9,20H,4-5,10H2,(H,19,21)(H,22,23). The van der Waals surface area contributed by atoms with Gasteiger partial charge in [0.05, 0.1) is 12.2 Å². The minimum atomic E-state index is -1.11. The highest BCUT2D eigenvalue weighted by molar-refractivity contribution is 9.10. The molecule has 1 aromatic heterocycles. The number of nitrogens with zero attached hydrogens (tertiary/aromatic N) is 1. The summed E-state index contributed by atoms with van der Waals surface area (Å²) in [5.41, 5.74) is 2.17. The lowest BCUT2D eigenvalue weighted by atomic mass is 10.1. The van der Waals surface area contributed by atoms with E-state index in [0.29, 0.717) is 25.1 Å². The van der Waals surface area contributed by atoms with Gasteiger partial charge in [-0.25, -0.2) is 4.79 Å². The van der Waals surface area contributed by atoms with Gasteiger partial charge in [-0.2, -0.15) is 0 Å². The molecule has 2 rings (SSSR count). The Morgan fingerprint density at radius 1 is 1.22 bits per heavy atom. The van der Waals surface area contributed by atoms with E-state index in [9.17, 15) is 9.59 Å². The third-order valence-corrected chi connectivity index (χ3v) is 3.56. The summed E-state index contributed by atoms with van der Waals surface area (Å²) in [6, 6.07) is 10.7. The average Bonchev–Trinajstić information content (AvgIpc) is 2.51. The molecule has 23 heavy (non-hydrogen) atoms. The smallest absolute Gasteiger partial charge is 0.409 e. The predicted octanol–water partition coefficient (Wildman–Crippen LogP) is 3.18. The van der Waals surface area contributed by atoms with Crippen molar-refractivity contribution in [2.24, 2.45) is 0 Å². The van der Waals surface area contributed by atoms with Crippen LogP contribution in [-0.4, -0.2) is 22.1 Å². The highest BCUT2D eigenvalue weighted by atomic mass is 79.9. The third-order valence-electron chi connectivity index (χ3n) is 3.06.